The molecule has 0 saturated carbocycles. The van der Waals surface area contributed by atoms with Gasteiger partial charge in [-0.15, -0.1) is 0 Å². The molecule has 3 aliphatic heterocycles. The number of ether oxygens (including phenoxy) is 2. The highest BCUT2D eigenvalue weighted by Gasteiger charge is 2.34. The zero-order chi connectivity index (χ0) is 19.8. The Balaban J connectivity index is 1.15. The van der Waals surface area contributed by atoms with Gasteiger partial charge in [-0.2, -0.15) is 0 Å². The SMILES string of the molecule is C[C@H]1Cc2ccccc2N1C(=O)C[NH+]1CC[NH+](Cc2ccc3c(c2)OCO3)CC1. The van der Waals surface area contributed by atoms with Gasteiger partial charge in [-0.1, -0.05) is 18.2 Å². The first kappa shape index (κ1) is 18.5. The smallest absolute Gasteiger partial charge is 0.282 e. The van der Waals surface area contributed by atoms with Crippen LogP contribution in [0.25, 0.3) is 0 Å². The van der Waals surface area contributed by atoms with Gasteiger partial charge in [0.25, 0.3) is 5.91 Å². The van der Waals surface area contributed by atoms with Crippen LogP contribution >= 0.6 is 0 Å². The standard InChI is InChI=1S/C23H27N3O3/c1-17-12-19-4-2-3-5-20(19)26(17)23(27)15-25-10-8-24(9-11-25)14-18-6-7-21-22(13-18)29-16-28-21/h2-7,13,17H,8-12,14-16H2,1H3/p+2/t17-/m0/s1. The lowest BCUT2D eigenvalue weighted by Gasteiger charge is -2.31. The van der Waals surface area contributed by atoms with Crippen molar-refractivity contribution in [1.82, 2.24) is 0 Å². The number of carbonyl (C=O) groups excluding carboxylic acids is 1. The number of amides is 1. The molecule has 3 heterocycles. The van der Waals surface area contributed by atoms with Crippen molar-refractivity contribution in [3.05, 3.63) is 53.6 Å². The van der Waals surface area contributed by atoms with Gasteiger partial charge in [0.15, 0.2) is 18.0 Å². The largest absolute Gasteiger partial charge is 0.454 e. The second-order valence-corrected chi connectivity index (χ2v) is 8.49. The van der Waals surface area contributed by atoms with E-state index in [4.69, 9.17) is 9.47 Å². The Morgan fingerprint density at radius 1 is 1.03 bits per heavy atom. The van der Waals surface area contributed by atoms with Crippen molar-refractivity contribution in [2.24, 2.45) is 0 Å². The number of quaternary nitrogens is 2. The third-order valence-electron chi connectivity index (χ3n) is 6.43. The summed E-state index contributed by atoms with van der Waals surface area (Å²) in [5.74, 6) is 1.96. The molecule has 2 aromatic rings. The zero-order valence-electron chi connectivity index (χ0n) is 16.9. The van der Waals surface area contributed by atoms with E-state index in [1.54, 1.807) is 4.90 Å². The number of hydrogen-bond donors (Lipinski definition) is 2. The second kappa shape index (κ2) is 7.69. The molecule has 6 heteroatoms. The molecule has 1 fully saturated rings. The van der Waals surface area contributed by atoms with Crippen LogP contribution in [0.2, 0.25) is 0 Å². The average molecular weight is 396 g/mol. The normalized spacial score (nSPS) is 25.1. The van der Waals surface area contributed by atoms with Crippen LogP contribution in [0.15, 0.2) is 42.5 Å². The van der Waals surface area contributed by atoms with Gasteiger partial charge in [0.1, 0.15) is 32.7 Å². The number of anilines is 1. The summed E-state index contributed by atoms with van der Waals surface area (Å²) < 4.78 is 10.9. The lowest BCUT2D eigenvalue weighted by molar-refractivity contribution is -1.02. The number of carbonyl (C=O) groups is 1. The molecule has 0 aromatic heterocycles. The summed E-state index contributed by atoms with van der Waals surface area (Å²) in [5, 5.41) is 0. The minimum absolute atomic E-state index is 0.261. The molecule has 152 valence electrons. The Morgan fingerprint density at radius 3 is 2.66 bits per heavy atom. The maximum absolute atomic E-state index is 13.0. The average Bonchev–Trinajstić information content (AvgIpc) is 3.32. The Hall–Kier alpha value is -2.57. The van der Waals surface area contributed by atoms with Crippen molar-refractivity contribution in [1.29, 1.82) is 0 Å². The second-order valence-electron chi connectivity index (χ2n) is 8.49. The van der Waals surface area contributed by atoms with Crippen LogP contribution in [-0.2, 0) is 17.8 Å². The molecule has 5 rings (SSSR count). The summed E-state index contributed by atoms with van der Waals surface area (Å²) in [4.78, 5) is 18.0. The van der Waals surface area contributed by atoms with E-state index in [9.17, 15) is 4.79 Å². The maximum Gasteiger partial charge on any atom is 0.282 e. The van der Waals surface area contributed by atoms with Crippen LogP contribution in [0.1, 0.15) is 18.1 Å². The van der Waals surface area contributed by atoms with E-state index >= 15 is 0 Å². The fourth-order valence-corrected chi connectivity index (χ4v) is 4.89. The summed E-state index contributed by atoms with van der Waals surface area (Å²) in [7, 11) is 0. The Kier molecular flexibility index (Phi) is 4.89. The van der Waals surface area contributed by atoms with Gasteiger partial charge >= 0.3 is 0 Å². The van der Waals surface area contributed by atoms with Crippen molar-refractivity contribution in [2.45, 2.75) is 25.9 Å². The Labute approximate surface area is 171 Å². The molecular formula is C23H29N3O3+2. The molecule has 0 aliphatic carbocycles. The lowest BCUT2D eigenvalue weighted by Crippen LogP contribution is -3.28. The zero-order valence-corrected chi connectivity index (χ0v) is 16.9. The quantitative estimate of drug-likeness (QED) is 0.746. The highest BCUT2D eigenvalue weighted by molar-refractivity contribution is 5.96. The predicted molar refractivity (Wildman–Crippen MR) is 110 cm³/mol. The van der Waals surface area contributed by atoms with Gasteiger partial charge in [0.05, 0.1) is 0 Å². The highest BCUT2D eigenvalue weighted by Crippen LogP contribution is 2.32. The third kappa shape index (κ3) is 3.70. The highest BCUT2D eigenvalue weighted by atomic mass is 16.7. The first-order valence-corrected chi connectivity index (χ1v) is 10.6. The molecule has 6 nitrogen and oxygen atoms in total. The van der Waals surface area contributed by atoms with Gasteiger partial charge in [-0.25, -0.2) is 0 Å². The molecular weight excluding hydrogens is 366 g/mol. The third-order valence-corrected chi connectivity index (χ3v) is 6.43. The van der Waals surface area contributed by atoms with E-state index < -0.39 is 0 Å². The molecule has 0 unspecified atom stereocenters. The monoisotopic (exact) mass is 395 g/mol. The molecule has 1 atom stereocenters. The first-order chi connectivity index (χ1) is 14.2. The molecule has 3 aliphatic rings. The summed E-state index contributed by atoms with van der Waals surface area (Å²) in [6.07, 6.45) is 0.963. The summed E-state index contributed by atoms with van der Waals surface area (Å²) in [5.41, 5.74) is 3.68. The number of para-hydroxylation sites is 1. The molecule has 0 spiro atoms. The van der Waals surface area contributed by atoms with E-state index in [0.29, 0.717) is 13.3 Å². The van der Waals surface area contributed by atoms with Crippen LogP contribution in [0.3, 0.4) is 0 Å². The Morgan fingerprint density at radius 2 is 1.79 bits per heavy atom. The molecule has 1 saturated heterocycles. The maximum atomic E-state index is 13.0. The minimum Gasteiger partial charge on any atom is -0.454 e. The summed E-state index contributed by atoms with van der Waals surface area (Å²) in [6.45, 7) is 8.31. The Bertz CT molecular complexity index is 908. The van der Waals surface area contributed by atoms with E-state index in [2.05, 4.69) is 37.3 Å². The van der Waals surface area contributed by atoms with Gasteiger partial charge in [0.2, 0.25) is 6.79 Å². The number of piperazine rings is 1. The van der Waals surface area contributed by atoms with Gasteiger partial charge < -0.3 is 24.2 Å². The van der Waals surface area contributed by atoms with Crippen molar-refractivity contribution >= 4 is 11.6 Å². The molecule has 29 heavy (non-hydrogen) atoms. The van der Waals surface area contributed by atoms with E-state index in [1.807, 2.05) is 17.0 Å². The van der Waals surface area contributed by atoms with Crippen LogP contribution in [0.4, 0.5) is 5.69 Å². The number of rotatable bonds is 4. The fourth-order valence-electron chi connectivity index (χ4n) is 4.89. The summed E-state index contributed by atoms with van der Waals surface area (Å²) in [6, 6.07) is 14.8. The molecule has 2 aromatic carbocycles. The molecule has 0 radical (unpaired) electrons. The lowest BCUT2D eigenvalue weighted by atomic mass is 10.1. The minimum atomic E-state index is 0.261. The van der Waals surface area contributed by atoms with Crippen molar-refractivity contribution in [2.75, 3.05) is 44.4 Å². The van der Waals surface area contributed by atoms with Crippen LogP contribution in [-0.4, -0.2) is 51.5 Å². The number of nitrogens with zero attached hydrogens (tertiary/aromatic N) is 1. The first-order valence-electron chi connectivity index (χ1n) is 10.6. The van der Waals surface area contributed by atoms with Crippen LogP contribution in [0.5, 0.6) is 11.5 Å². The van der Waals surface area contributed by atoms with Gasteiger partial charge in [-0.05, 0) is 43.2 Å². The molecule has 1 amide bonds. The van der Waals surface area contributed by atoms with E-state index in [1.165, 1.54) is 16.0 Å². The van der Waals surface area contributed by atoms with Crippen LogP contribution in [0, 0.1) is 0 Å². The van der Waals surface area contributed by atoms with Crippen molar-refractivity contribution in [3.8, 4) is 11.5 Å². The van der Waals surface area contributed by atoms with Gasteiger partial charge in [-0.3, -0.25) is 4.79 Å². The van der Waals surface area contributed by atoms with E-state index in [0.717, 1.165) is 56.3 Å². The van der Waals surface area contributed by atoms with Crippen molar-refractivity contribution < 1.29 is 24.1 Å². The summed E-state index contributed by atoms with van der Waals surface area (Å²) >= 11 is 0. The topological polar surface area (TPSA) is 47.7 Å². The molecule has 2 N–H and O–H groups in total. The van der Waals surface area contributed by atoms with E-state index in [-0.39, 0.29) is 11.9 Å². The number of fused-ring (bicyclic) bond motifs is 2. The number of hydrogen-bond acceptors (Lipinski definition) is 3. The van der Waals surface area contributed by atoms with Gasteiger partial charge in [0, 0.05) is 17.3 Å². The number of benzene rings is 2. The number of nitrogens with one attached hydrogen (secondary N) is 2. The molecule has 0 bridgehead atoms. The fraction of sp³-hybridized carbons (Fsp3) is 0.435. The van der Waals surface area contributed by atoms with Crippen LogP contribution < -0.4 is 24.2 Å². The van der Waals surface area contributed by atoms with Crippen molar-refractivity contribution in [3.63, 3.8) is 0 Å². The predicted octanol–water partition coefficient (Wildman–Crippen LogP) is -0.323.